The van der Waals surface area contributed by atoms with Gasteiger partial charge in [0.25, 0.3) is 0 Å². The predicted molar refractivity (Wildman–Crippen MR) is 79.4 cm³/mol. The molecule has 0 aliphatic heterocycles. The summed E-state index contributed by atoms with van der Waals surface area (Å²) >= 11 is 0. The topological polar surface area (TPSA) is 82.0 Å². The monoisotopic (exact) mass is 315 g/mol. The van der Waals surface area contributed by atoms with Crippen LogP contribution in [0.3, 0.4) is 0 Å². The number of nitrogens with one attached hydrogen (secondary N) is 2. The molecule has 0 aliphatic rings. The lowest BCUT2D eigenvalue weighted by atomic mass is 10.2. The van der Waals surface area contributed by atoms with Gasteiger partial charge in [0.1, 0.15) is 23.7 Å². The Morgan fingerprint density at radius 3 is 2.26 bits per heavy atom. The van der Waals surface area contributed by atoms with Gasteiger partial charge in [0.2, 0.25) is 11.8 Å². The molecule has 116 valence electrons. The van der Waals surface area contributed by atoms with Crippen molar-refractivity contribution in [2.45, 2.75) is 6.42 Å². The first-order valence-corrected chi connectivity index (χ1v) is 6.53. The summed E-state index contributed by atoms with van der Waals surface area (Å²) in [4.78, 5) is 23.4. The Kier molecular flexibility index (Phi) is 5.00. The van der Waals surface area contributed by atoms with Gasteiger partial charge in [-0.15, -0.1) is 0 Å². The van der Waals surface area contributed by atoms with Crippen LogP contribution in [-0.4, -0.2) is 11.8 Å². The Hall–Kier alpha value is -3.27. The number of hydrogen-bond donors (Lipinski definition) is 2. The summed E-state index contributed by atoms with van der Waals surface area (Å²) in [5.41, 5.74) is 0.0939. The van der Waals surface area contributed by atoms with Crippen LogP contribution in [0.1, 0.15) is 12.0 Å². The number of nitrogens with zero attached hydrogens (tertiary/aromatic N) is 1. The SMILES string of the molecule is N#Cc1cccc(NC(=O)CC(=O)Nc2c(F)cccc2F)c1. The molecule has 2 N–H and O–H groups in total. The second-order valence-corrected chi connectivity index (χ2v) is 4.56. The average molecular weight is 315 g/mol. The van der Waals surface area contributed by atoms with Crippen LogP contribution in [0.25, 0.3) is 0 Å². The molecule has 0 heterocycles. The maximum Gasteiger partial charge on any atom is 0.233 e. The molecule has 0 atom stereocenters. The van der Waals surface area contributed by atoms with E-state index in [0.29, 0.717) is 11.3 Å². The Morgan fingerprint density at radius 2 is 1.61 bits per heavy atom. The molecule has 0 fully saturated rings. The van der Waals surface area contributed by atoms with Gasteiger partial charge in [0.15, 0.2) is 0 Å². The molecule has 0 saturated carbocycles. The van der Waals surface area contributed by atoms with Gasteiger partial charge in [-0.25, -0.2) is 8.78 Å². The molecule has 0 bridgehead atoms. The molecule has 2 aromatic carbocycles. The number of amides is 2. The van der Waals surface area contributed by atoms with Crippen molar-refractivity contribution in [1.82, 2.24) is 0 Å². The molecule has 0 aromatic heterocycles. The second kappa shape index (κ2) is 7.13. The van der Waals surface area contributed by atoms with Crippen LogP contribution < -0.4 is 10.6 Å². The highest BCUT2D eigenvalue weighted by Crippen LogP contribution is 2.18. The maximum absolute atomic E-state index is 13.4. The molecule has 7 heteroatoms. The highest BCUT2D eigenvalue weighted by Gasteiger charge is 2.15. The molecule has 0 unspecified atom stereocenters. The van der Waals surface area contributed by atoms with Crippen LogP contribution in [0.2, 0.25) is 0 Å². The number of carbonyl (C=O) groups excluding carboxylic acids is 2. The zero-order valence-corrected chi connectivity index (χ0v) is 11.8. The Balaban J connectivity index is 1.97. The largest absolute Gasteiger partial charge is 0.326 e. The van der Waals surface area contributed by atoms with Gasteiger partial charge >= 0.3 is 0 Å². The summed E-state index contributed by atoms with van der Waals surface area (Å²) in [6.45, 7) is 0. The summed E-state index contributed by atoms with van der Waals surface area (Å²) in [7, 11) is 0. The van der Waals surface area contributed by atoms with Crippen molar-refractivity contribution in [3.05, 3.63) is 59.7 Å². The van der Waals surface area contributed by atoms with E-state index in [2.05, 4.69) is 5.32 Å². The van der Waals surface area contributed by atoms with Crippen LogP contribution >= 0.6 is 0 Å². The zero-order valence-electron chi connectivity index (χ0n) is 11.8. The number of hydrogen-bond acceptors (Lipinski definition) is 3. The number of benzene rings is 2. The van der Waals surface area contributed by atoms with Gasteiger partial charge in [-0.1, -0.05) is 12.1 Å². The first-order chi connectivity index (χ1) is 11.0. The number of para-hydroxylation sites is 1. The van der Waals surface area contributed by atoms with E-state index in [9.17, 15) is 18.4 Å². The lowest BCUT2D eigenvalue weighted by Crippen LogP contribution is -2.22. The van der Waals surface area contributed by atoms with Gasteiger partial charge < -0.3 is 10.6 Å². The quantitative estimate of drug-likeness (QED) is 0.851. The molecule has 23 heavy (non-hydrogen) atoms. The van der Waals surface area contributed by atoms with Gasteiger partial charge in [-0.3, -0.25) is 9.59 Å². The van der Waals surface area contributed by atoms with Gasteiger partial charge in [0, 0.05) is 5.69 Å². The van der Waals surface area contributed by atoms with Crippen molar-refractivity contribution in [3.8, 4) is 6.07 Å². The number of anilines is 2. The highest BCUT2D eigenvalue weighted by atomic mass is 19.1. The van der Waals surface area contributed by atoms with Crippen molar-refractivity contribution in [2.75, 3.05) is 10.6 Å². The lowest BCUT2D eigenvalue weighted by molar-refractivity contribution is -0.123. The van der Waals surface area contributed by atoms with Crippen molar-refractivity contribution < 1.29 is 18.4 Å². The van der Waals surface area contributed by atoms with E-state index in [4.69, 9.17) is 5.26 Å². The van der Waals surface area contributed by atoms with E-state index < -0.39 is 35.6 Å². The molecule has 0 aliphatic carbocycles. The maximum atomic E-state index is 13.4. The fraction of sp³-hybridized carbons (Fsp3) is 0.0625. The Labute approximate surface area is 130 Å². The lowest BCUT2D eigenvalue weighted by Gasteiger charge is -2.08. The summed E-state index contributed by atoms with van der Waals surface area (Å²) in [5, 5.41) is 13.2. The third kappa shape index (κ3) is 4.35. The summed E-state index contributed by atoms with van der Waals surface area (Å²) < 4.78 is 26.8. The van der Waals surface area contributed by atoms with Crippen LogP contribution in [0.15, 0.2) is 42.5 Å². The summed E-state index contributed by atoms with van der Waals surface area (Å²) in [5.74, 6) is -3.39. The van der Waals surface area contributed by atoms with E-state index in [-0.39, 0.29) is 0 Å². The number of carbonyl (C=O) groups is 2. The second-order valence-electron chi connectivity index (χ2n) is 4.56. The first kappa shape index (κ1) is 16.1. The molecule has 2 amide bonds. The first-order valence-electron chi connectivity index (χ1n) is 6.53. The minimum atomic E-state index is -0.930. The molecule has 5 nitrogen and oxygen atoms in total. The molecule has 0 spiro atoms. The smallest absolute Gasteiger partial charge is 0.233 e. The zero-order chi connectivity index (χ0) is 16.8. The molecule has 2 rings (SSSR count). The summed E-state index contributed by atoms with van der Waals surface area (Å²) in [6, 6.07) is 11.2. The minimum absolute atomic E-state index is 0.346. The molecular formula is C16H11F2N3O2. The highest BCUT2D eigenvalue weighted by molar-refractivity contribution is 6.08. The normalized spacial score (nSPS) is 9.78. The summed E-state index contributed by atoms with van der Waals surface area (Å²) in [6.07, 6.45) is -0.620. The number of halogens is 2. The molecule has 2 aromatic rings. The fourth-order valence-corrected chi connectivity index (χ4v) is 1.82. The van der Waals surface area contributed by atoms with E-state index in [1.165, 1.54) is 6.07 Å². The fourth-order valence-electron chi connectivity index (χ4n) is 1.82. The third-order valence-corrected chi connectivity index (χ3v) is 2.82. The van der Waals surface area contributed by atoms with Gasteiger partial charge in [-0.2, -0.15) is 5.26 Å². The van der Waals surface area contributed by atoms with E-state index in [0.717, 1.165) is 18.2 Å². The number of rotatable bonds is 4. The van der Waals surface area contributed by atoms with E-state index in [1.807, 2.05) is 11.4 Å². The van der Waals surface area contributed by atoms with Crippen LogP contribution in [-0.2, 0) is 9.59 Å². The predicted octanol–water partition coefficient (Wildman–Crippen LogP) is 2.80. The van der Waals surface area contributed by atoms with Crippen molar-refractivity contribution in [1.29, 1.82) is 5.26 Å². The van der Waals surface area contributed by atoms with Gasteiger partial charge in [0.05, 0.1) is 11.6 Å². The Bertz CT molecular complexity index is 780. The van der Waals surface area contributed by atoms with Crippen LogP contribution in [0.4, 0.5) is 20.2 Å². The van der Waals surface area contributed by atoms with Crippen LogP contribution in [0, 0.1) is 23.0 Å². The third-order valence-electron chi connectivity index (χ3n) is 2.82. The molecule has 0 radical (unpaired) electrons. The minimum Gasteiger partial charge on any atom is -0.326 e. The Morgan fingerprint density at radius 1 is 1.00 bits per heavy atom. The van der Waals surface area contributed by atoms with Crippen molar-refractivity contribution in [2.24, 2.45) is 0 Å². The van der Waals surface area contributed by atoms with Gasteiger partial charge in [-0.05, 0) is 30.3 Å². The van der Waals surface area contributed by atoms with E-state index in [1.54, 1.807) is 18.2 Å². The van der Waals surface area contributed by atoms with Crippen molar-refractivity contribution in [3.63, 3.8) is 0 Å². The number of nitriles is 1. The standard InChI is InChI=1S/C16H11F2N3O2/c17-12-5-2-6-13(18)16(12)21-15(23)8-14(22)20-11-4-1-3-10(7-11)9-19/h1-7H,8H2,(H,20,22)(H,21,23). The molecular weight excluding hydrogens is 304 g/mol. The van der Waals surface area contributed by atoms with Crippen molar-refractivity contribution >= 4 is 23.2 Å². The molecule has 0 saturated heterocycles. The van der Waals surface area contributed by atoms with E-state index >= 15 is 0 Å². The van der Waals surface area contributed by atoms with Crippen LogP contribution in [0.5, 0.6) is 0 Å². The average Bonchev–Trinajstić information content (AvgIpc) is 2.51.